The molecular weight excluding hydrogens is 480 g/mol. The number of H-pyrrole nitrogens is 1. The normalized spacial score (nSPS) is 19.6. The van der Waals surface area contributed by atoms with E-state index in [4.69, 9.17) is 4.74 Å². The number of hydrogen-bond donors (Lipinski definition) is 2. The number of aromatic nitrogens is 1. The Hall–Kier alpha value is -3.81. The van der Waals surface area contributed by atoms with Crippen LogP contribution in [-0.4, -0.2) is 47.4 Å². The highest BCUT2D eigenvalue weighted by Crippen LogP contribution is 2.45. The summed E-state index contributed by atoms with van der Waals surface area (Å²) in [7, 11) is 1.63. The van der Waals surface area contributed by atoms with E-state index in [9.17, 15) is 14.4 Å². The molecule has 4 amide bonds. The Morgan fingerprint density at radius 2 is 1.84 bits per heavy atom. The number of rotatable bonds is 8. The van der Waals surface area contributed by atoms with Gasteiger partial charge >= 0.3 is 6.03 Å². The van der Waals surface area contributed by atoms with Gasteiger partial charge in [-0.2, -0.15) is 0 Å². The number of methoxy groups -OCH3 is 1. The molecule has 2 aliphatic heterocycles. The van der Waals surface area contributed by atoms with Crippen LogP contribution in [-0.2, 0) is 16.8 Å². The fraction of sp³-hybridized carbons (Fsp3) is 0.433. The van der Waals surface area contributed by atoms with E-state index in [1.807, 2.05) is 25.1 Å². The predicted octanol–water partition coefficient (Wildman–Crippen LogP) is 5.36. The predicted molar refractivity (Wildman–Crippen MR) is 148 cm³/mol. The maximum absolute atomic E-state index is 13.9. The lowest BCUT2D eigenvalue weighted by Gasteiger charge is -2.35. The Morgan fingerprint density at radius 1 is 1.11 bits per heavy atom. The van der Waals surface area contributed by atoms with Crippen LogP contribution >= 0.6 is 0 Å². The number of hydrogen-bond acceptors (Lipinski definition) is 4. The molecule has 1 saturated heterocycles. The molecule has 2 aromatic carbocycles. The number of amides is 4. The average molecular weight is 517 g/mol. The summed E-state index contributed by atoms with van der Waals surface area (Å²) in [5.41, 5.74) is 2.51. The van der Waals surface area contributed by atoms with E-state index < -0.39 is 5.54 Å². The number of benzene rings is 2. The van der Waals surface area contributed by atoms with Crippen LogP contribution in [0.3, 0.4) is 0 Å². The molecule has 0 aliphatic carbocycles. The minimum atomic E-state index is -1.14. The Balaban J connectivity index is 1.37. The third-order valence-corrected chi connectivity index (χ3v) is 7.95. The molecule has 1 aromatic heterocycles. The van der Waals surface area contributed by atoms with E-state index in [2.05, 4.69) is 24.1 Å². The maximum atomic E-state index is 13.9. The third-order valence-electron chi connectivity index (χ3n) is 7.95. The molecule has 8 heteroatoms. The Morgan fingerprint density at radius 3 is 2.53 bits per heavy atom. The minimum Gasteiger partial charge on any atom is -0.497 e. The van der Waals surface area contributed by atoms with Crippen molar-refractivity contribution >= 4 is 34.4 Å². The second-order valence-corrected chi connectivity index (χ2v) is 11.0. The lowest BCUT2D eigenvalue weighted by Crippen LogP contribution is -2.49. The summed E-state index contributed by atoms with van der Waals surface area (Å²) in [5.74, 6) is 0.930. The van der Waals surface area contributed by atoms with Gasteiger partial charge in [-0.15, -0.1) is 0 Å². The van der Waals surface area contributed by atoms with Gasteiger partial charge in [-0.1, -0.05) is 26.7 Å². The number of anilines is 1. The summed E-state index contributed by atoms with van der Waals surface area (Å²) >= 11 is 0. The molecule has 1 unspecified atom stereocenters. The van der Waals surface area contributed by atoms with Crippen LogP contribution in [0.5, 0.6) is 5.75 Å². The lowest BCUT2D eigenvalue weighted by molar-refractivity contribution is -0.125. The van der Waals surface area contributed by atoms with Gasteiger partial charge in [0, 0.05) is 29.1 Å². The van der Waals surface area contributed by atoms with Crippen LogP contribution in [0.1, 0.15) is 68.6 Å². The first-order chi connectivity index (χ1) is 18.1. The van der Waals surface area contributed by atoms with Crippen LogP contribution in [0.2, 0.25) is 0 Å². The molecule has 38 heavy (non-hydrogen) atoms. The summed E-state index contributed by atoms with van der Waals surface area (Å²) < 4.78 is 5.40. The monoisotopic (exact) mass is 516 g/mol. The van der Waals surface area contributed by atoms with Crippen molar-refractivity contribution < 1.29 is 19.1 Å². The van der Waals surface area contributed by atoms with Crippen molar-refractivity contribution in [1.82, 2.24) is 15.2 Å². The molecule has 1 fully saturated rings. The number of nitrogens with zero attached hydrogens (tertiary/aromatic N) is 2. The van der Waals surface area contributed by atoms with Crippen molar-refractivity contribution in [3.8, 4) is 5.75 Å². The number of fused-ring (bicyclic) bond motifs is 5. The Kier molecular flexibility index (Phi) is 6.67. The molecule has 0 bridgehead atoms. The van der Waals surface area contributed by atoms with Gasteiger partial charge in [-0.05, 0) is 80.6 Å². The highest BCUT2D eigenvalue weighted by molar-refractivity contribution is 6.23. The van der Waals surface area contributed by atoms with Crippen molar-refractivity contribution in [2.24, 2.45) is 5.92 Å². The molecule has 2 N–H and O–H groups in total. The number of imide groups is 1. The number of carbonyl (C=O) groups is 3. The smallest absolute Gasteiger partial charge is 0.332 e. The quantitative estimate of drug-likeness (QED) is 0.394. The summed E-state index contributed by atoms with van der Waals surface area (Å²) in [4.78, 5) is 46.4. The molecule has 0 radical (unpaired) electrons. The minimum absolute atomic E-state index is 0.0732. The largest absolute Gasteiger partial charge is 0.497 e. The van der Waals surface area contributed by atoms with Gasteiger partial charge in [-0.3, -0.25) is 9.59 Å². The van der Waals surface area contributed by atoms with Crippen molar-refractivity contribution in [1.29, 1.82) is 0 Å². The number of urea groups is 1. The van der Waals surface area contributed by atoms with Crippen molar-refractivity contribution in [3.05, 3.63) is 59.3 Å². The molecule has 2 aliphatic rings. The van der Waals surface area contributed by atoms with E-state index >= 15 is 0 Å². The first-order valence-corrected chi connectivity index (χ1v) is 13.4. The zero-order chi connectivity index (χ0) is 27.2. The van der Waals surface area contributed by atoms with Gasteiger partial charge < -0.3 is 19.9 Å². The summed E-state index contributed by atoms with van der Waals surface area (Å²) in [5, 5.41) is 4.05. The standard InChI is InChI=1S/C30H36N4O4/c1-18(2)7-6-8-19(3)31-27(35)20-9-11-21(12-10-20)34-28(36)30(4)26-23(15-16-33(30)29(34)37)24-17-22(38-5)13-14-25(24)32-26/h9-14,17-19,32H,6-8,15-16H2,1-5H3,(H,31,35)/t19?,30-/m0/s1. The highest BCUT2D eigenvalue weighted by atomic mass is 16.5. The molecule has 2 atom stereocenters. The summed E-state index contributed by atoms with van der Waals surface area (Å²) in [6.07, 6.45) is 3.77. The molecule has 3 aromatic rings. The van der Waals surface area contributed by atoms with Crippen molar-refractivity contribution in [2.75, 3.05) is 18.6 Å². The molecule has 200 valence electrons. The number of carbonyl (C=O) groups excluding carboxylic acids is 3. The van der Waals surface area contributed by atoms with Crippen LogP contribution < -0.4 is 15.0 Å². The van der Waals surface area contributed by atoms with Crippen LogP contribution in [0.25, 0.3) is 10.9 Å². The third kappa shape index (κ3) is 4.22. The van der Waals surface area contributed by atoms with Crippen LogP contribution in [0.4, 0.5) is 10.5 Å². The van der Waals surface area contributed by atoms with Gasteiger partial charge in [-0.25, -0.2) is 9.69 Å². The summed E-state index contributed by atoms with van der Waals surface area (Å²) in [6, 6.07) is 12.2. The second kappa shape index (κ2) is 9.82. The molecular formula is C30H36N4O4. The first-order valence-electron chi connectivity index (χ1n) is 13.4. The van der Waals surface area contributed by atoms with Gasteiger partial charge in [0.1, 0.15) is 5.75 Å². The SMILES string of the molecule is COc1ccc2[nH]c3c(c2c1)CCN1C(=O)N(c2ccc(C(=O)NC(C)CCCC(C)C)cc2)C(=O)[C@]31C. The van der Waals surface area contributed by atoms with E-state index in [1.54, 1.807) is 43.2 Å². The van der Waals surface area contributed by atoms with Crippen LogP contribution in [0, 0.1) is 5.92 Å². The van der Waals surface area contributed by atoms with Crippen molar-refractivity contribution in [3.63, 3.8) is 0 Å². The average Bonchev–Trinajstić information content (AvgIpc) is 3.36. The molecule has 0 spiro atoms. The van der Waals surface area contributed by atoms with Crippen LogP contribution in [0.15, 0.2) is 42.5 Å². The first kappa shape index (κ1) is 25.8. The molecule has 5 rings (SSSR count). The van der Waals surface area contributed by atoms with E-state index in [0.717, 1.165) is 47.2 Å². The fourth-order valence-corrected chi connectivity index (χ4v) is 5.75. The van der Waals surface area contributed by atoms with Gasteiger partial charge in [0.15, 0.2) is 5.54 Å². The van der Waals surface area contributed by atoms with Crippen molar-refractivity contribution in [2.45, 2.75) is 65.0 Å². The Labute approximate surface area is 223 Å². The van der Waals surface area contributed by atoms with Gasteiger partial charge in [0.2, 0.25) is 0 Å². The number of ether oxygens (including phenoxy) is 1. The topological polar surface area (TPSA) is 94.7 Å². The molecule has 8 nitrogen and oxygen atoms in total. The zero-order valence-corrected chi connectivity index (χ0v) is 22.8. The second-order valence-electron chi connectivity index (χ2n) is 11.0. The maximum Gasteiger partial charge on any atom is 0.332 e. The van der Waals surface area contributed by atoms with E-state index in [1.165, 1.54) is 4.90 Å². The molecule has 3 heterocycles. The van der Waals surface area contributed by atoms with Gasteiger partial charge in [0.25, 0.3) is 11.8 Å². The fourth-order valence-electron chi connectivity index (χ4n) is 5.75. The highest BCUT2D eigenvalue weighted by Gasteiger charge is 2.59. The zero-order valence-electron chi connectivity index (χ0n) is 22.8. The molecule has 0 saturated carbocycles. The lowest BCUT2D eigenvalue weighted by atomic mass is 9.87. The number of aromatic amines is 1. The van der Waals surface area contributed by atoms with Gasteiger partial charge in [0.05, 0.1) is 18.5 Å². The van der Waals surface area contributed by atoms with E-state index in [0.29, 0.717) is 30.1 Å². The van der Waals surface area contributed by atoms with E-state index in [-0.39, 0.29) is 23.9 Å². The Bertz CT molecular complexity index is 1390. The summed E-state index contributed by atoms with van der Waals surface area (Å²) in [6.45, 7) is 8.65. The number of nitrogens with one attached hydrogen (secondary N) is 2.